The van der Waals surface area contributed by atoms with Gasteiger partial charge < -0.3 is 10.1 Å². The molecule has 25 heavy (non-hydrogen) atoms. The molecule has 1 unspecified atom stereocenters. The summed E-state index contributed by atoms with van der Waals surface area (Å²) in [6, 6.07) is 11.2. The topological polar surface area (TPSA) is 72.5 Å². The van der Waals surface area contributed by atoms with Crippen LogP contribution in [0.5, 0.6) is 5.75 Å². The Labute approximate surface area is 144 Å². The molecule has 2 aromatic carbocycles. The number of hydrogen-bond acceptors (Lipinski definition) is 4. The van der Waals surface area contributed by atoms with Gasteiger partial charge in [-0.3, -0.25) is 4.79 Å². The van der Waals surface area contributed by atoms with Gasteiger partial charge in [0.1, 0.15) is 5.75 Å². The Morgan fingerprint density at radius 1 is 1.04 bits per heavy atom. The lowest BCUT2D eigenvalue weighted by molar-refractivity contribution is -0.0498. The first-order valence-electron chi connectivity index (χ1n) is 7.32. The normalized spacial score (nSPS) is 12.7. The van der Waals surface area contributed by atoms with Gasteiger partial charge in [-0.15, -0.1) is 0 Å². The highest BCUT2D eigenvalue weighted by Crippen LogP contribution is 2.19. The fourth-order valence-corrected chi connectivity index (χ4v) is 2.79. The Morgan fingerprint density at radius 2 is 1.60 bits per heavy atom. The summed E-state index contributed by atoms with van der Waals surface area (Å²) in [4.78, 5) is 12.3. The second-order valence-corrected chi connectivity index (χ2v) is 7.45. The Morgan fingerprint density at radius 3 is 2.08 bits per heavy atom. The Kier molecular flexibility index (Phi) is 5.73. The molecule has 0 heterocycles. The van der Waals surface area contributed by atoms with Crippen LogP contribution in [-0.2, 0) is 9.84 Å². The molecular weight excluding hydrogens is 352 g/mol. The number of carbonyl (C=O) groups is 1. The van der Waals surface area contributed by atoms with E-state index in [1.54, 1.807) is 19.1 Å². The molecule has 2 aromatic rings. The van der Waals surface area contributed by atoms with Crippen molar-refractivity contribution in [2.75, 3.05) is 6.26 Å². The number of rotatable bonds is 6. The summed E-state index contributed by atoms with van der Waals surface area (Å²) in [6.45, 7) is -1.15. The first-order chi connectivity index (χ1) is 11.7. The lowest BCUT2D eigenvalue weighted by atomic mass is 10.1. The predicted octanol–water partition coefficient (Wildman–Crippen LogP) is 3.18. The van der Waals surface area contributed by atoms with E-state index in [0.717, 1.165) is 6.26 Å². The van der Waals surface area contributed by atoms with Crippen LogP contribution >= 0.6 is 0 Å². The Bertz CT molecular complexity index is 834. The number of sulfone groups is 1. The fourth-order valence-electron chi connectivity index (χ4n) is 2.15. The van der Waals surface area contributed by atoms with E-state index in [-0.39, 0.29) is 22.6 Å². The molecule has 0 aromatic heterocycles. The number of carbonyl (C=O) groups excluding carboxylic acids is 1. The minimum atomic E-state index is -3.32. The smallest absolute Gasteiger partial charge is 0.387 e. The van der Waals surface area contributed by atoms with Crippen molar-refractivity contribution in [3.05, 3.63) is 59.7 Å². The van der Waals surface area contributed by atoms with Gasteiger partial charge in [0.15, 0.2) is 9.84 Å². The summed E-state index contributed by atoms with van der Waals surface area (Å²) in [6.07, 6.45) is 1.09. The van der Waals surface area contributed by atoms with Crippen LogP contribution in [0.15, 0.2) is 53.4 Å². The molecule has 0 aliphatic heterocycles. The molecule has 134 valence electrons. The first kappa shape index (κ1) is 18.9. The molecule has 0 radical (unpaired) electrons. The lowest BCUT2D eigenvalue weighted by Crippen LogP contribution is -2.26. The van der Waals surface area contributed by atoms with E-state index in [9.17, 15) is 22.0 Å². The van der Waals surface area contributed by atoms with Gasteiger partial charge in [0.25, 0.3) is 5.91 Å². The molecular formula is C17H17F2NO4S. The molecule has 1 N–H and O–H groups in total. The van der Waals surface area contributed by atoms with Gasteiger partial charge in [-0.25, -0.2) is 8.42 Å². The Hall–Kier alpha value is -2.48. The quantitative estimate of drug-likeness (QED) is 0.849. The van der Waals surface area contributed by atoms with Crippen molar-refractivity contribution in [2.24, 2.45) is 0 Å². The first-order valence-corrected chi connectivity index (χ1v) is 9.21. The van der Waals surface area contributed by atoms with Crippen molar-refractivity contribution in [3.8, 4) is 5.75 Å². The van der Waals surface area contributed by atoms with Gasteiger partial charge in [-0.05, 0) is 48.9 Å². The highest BCUT2D eigenvalue weighted by atomic mass is 32.2. The van der Waals surface area contributed by atoms with Crippen LogP contribution in [0.1, 0.15) is 28.9 Å². The maximum Gasteiger partial charge on any atom is 0.387 e. The van der Waals surface area contributed by atoms with E-state index >= 15 is 0 Å². The summed E-state index contributed by atoms with van der Waals surface area (Å²) < 4.78 is 51.3. The molecule has 8 heteroatoms. The second kappa shape index (κ2) is 7.60. The lowest BCUT2D eigenvalue weighted by Gasteiger charge is -2.15. The number of benzene rings is 2. The molecule has 0 aliphatic rings. The van der Waals surface area contributed by atoms with Crippen molar-refractivity contribution in [1.29, 1.82) is 0 Å². The zero-order chi connectivity index (χ0) is 18.6. The third-order valence-electron chi connectivity index (χ3n) is 3.50. The van der Waals surface area contributed by atoms with Gasteiger partial charge in [0.2, 0.25) is 0 Å². The van der Waals surface area contributed by atoms with E-state index in [0.29, 0.717) is 11.1 Å². The number of hydrogen-bond donors (Lipinski definition) is 1. The van der Waals surface area contributed by atoms with Gasteiger partial charge in [0.05, 0.1) is 10.9 Å². The fraction of sp³-hybridized carbons (Fsp3) is 0.235. The number of halogens is 2. The van der Waals surface area contributed by atoms with Crippen LogP contribution < -0.4 is 10.1 Å². The van der Waals surface area contributed by atoms with Crippen molar-refractivity contribution in [1.82, 2.24) is 5.32 Å². The van der Waals surface area contributed by atoms with Crippen molar-refractivity contribution in [3.63, 3.8) is 0 Å². The van der Waals surface area contributed by atoms with Crippen LogP contribution in [0.25, 0.3) is 0 Å². The van der Waals surface area contributed by atoms with Gasteiger partial charge in [-0.1, -0.05) is 12.1 Å². The van der Waals surface area contributed by atoms with E-state index in [4.69, 9.17) is 0 Å². The highest BCUT2D eigenvalue weighted by Gasteiger charge is 2.13. The molecule has 0 spiro atoms. The molecule has 0 fully saturated rings. The Balaban J connectivity index is 2.04. The highest BCUT2D eigenvalue weighted by molar-refractivity contribution is 7.90. The van der Waals surface area contributed by atoms with Crippen LogP contribution in [0.3, 0.4) is 0 Å². The van der Waals surface area contributed by atoms with Crippen LogP contribution in [0, 0.1) is 0 Å². The maximum absolute atomic E-state index is 12.2. The summed E-state index contributed by atoms with van der Waals surface area (Å²) >= 11 is 0. The molecule has 0 bridgehead atoms. The van der Waals surface area contributed by atoms with E-state index in [1.807, 2.05) is 0 Å². The molecule has 2 rings (SSSR count). The van der Waals surface area contributed by atoms with Crippen molar-refractivity contribution >= 4 is 15.7 Å². The second-order valence-electron chi connectivity index (χ2n) is 5.44. The standard InChI is InChI=1S/C17H17F2NO4S/c1-11(12-3-7-14(8-4-12)24-17(18)19)20-16(21)13-5-9-15(10-6-13)25(2,22)23/h3-11,17H,1-2H3,(H,20,21). The van der Waals surface area contributed by atoms with Crippen LogP contribution in [0.2, 0.25) is 0 Å². The summed E-state index contributed by atoms with van der Waals surface area (Å²) in [5.41, 5.74) is 1.03. The summed E-state index contributed by atoms with van der Waals surface area (Å²) in [7, 11) is -3.32. The average Bonchev–Trinajstić information content (AvgIpc) is 2.54. The number of amides is 1. The number of nitrogens with one attached hydrogen (secondary N) is 1. The summed E-state index contributed by atoms with van der Waals surface area (Å²) in [5, 5.41) is 2.75. The molecule has 1 atom stereocenters. The minimum Gasteiger partial charge on any atom is -0.435 e. The summed E-state index contributed by atoms with van der Waals surface area (Å²) in [5.74, 6) is -0.339. The molecule has 5 nitrogen and oxygen atoms in total. The van der Waals surface area contributed by atoms with Gasteiger partial charge in [0, 0.05) is 11.8 Å². The van der Waals surface area contributed by atoms with E-state index in [2.05, 4.69) is 10.1 Å². The number of alkyl halides is 2. The molecule has 1 amide bonds. The van der Waals surface area contributed by atoms with Crippen molar-refractivity contribution < 1.29 is 26.7 Å². The van der Waals surface area contributed by atoms with Gasteiger partial charge in [-0.2, -0.15) is 8.78 Å². The molecule has 0 saturated carbocycles. The molecule has 0 aliphatic carbocycles. The zero-order valence-corrected chi connectivity index (χ0v) is 14.4. The maximum atomic E-state index is 12.2. The third-order valence-corrected chi connectivity index (χ3v) is 4.63. The van der Waals surface area contributed by atoms with Crippen LogP contribution in [0.4, 0.5) is 8.78 Å². The largest absolute Gasteiger partial charge is 0.435 e. The molecule has 0 saturated heterocycles. The minimum absolute atomic E-state index is 0.0358. The van der Waals surface area contributed by atoms with E-state index in [1.165, 1.54) is 36.4 Å². The van der Waals surface area contributed by atoms with Gasteiger partial charge >= 0.3 is 6.61 Å². The van der Waals surface area contributed by atoms with Crippen LogP contribution in [-0.4, -0.2) is 27.2 Å². The predicted molar refractivity (Wildman–Crippen MR) is 88.5 cm³/mol. The SMILES string of the molecule is CC(NC(=O)c1ccc(S(C)(=O)=O)cc1)c1ccc(OC(F)F)cc1. The number of ether oxygens (including phenoxy) is 1. The zero-order valence-electron chi connectivity index (χ0n) is 13.6. The average molecular weight is 369 g/mol. The monoisotopic (exact) mass is 369 g/mol. The van der Waals surface area contributed by atoms with Crippen molar-refractivity contribution in [2.45, 2.75) is 24.5 Å². The van der Waals surface area contributed by atoms with E-state index < -0.39 is 16.4 Å². The third kappa shape index (κ3) is 5.25.